The fraction of sp³-hybridized carbons (Fsp3) is 0.478. The lowest BCUT2D eigenvalue weighted by Crippen LogP contribution is -2.41. The van der Waals surface area contributed by atoms with Gasteiger partial charge in [0.05, 0.1) is 18.1 Å². The molecule has 166 valence electrons. The highest BCUT2D eigenvalue weighted by molar-refractivity contribution is 7.86. The molecule has 30 heavy (non-hydrogen) atoms. The predicted octanol–water partition coefficient (Wildman–Crippen LogP) is 5.34. The first-order valence-corrected chi connectivity index (χ1v) is 14.5. The third-order valence-corrected chi connectivity index (χ3v) is 11.4. The van der Waals surface area contributed by atoms with Crippen molar-refractivity contribution in [2.24, 2.45) is 0 Å². The van der Waals surface area contributed by atoms with Crippen molar-refractivity contribution in [1.29, 1.82) is 0 Å². The maximum Gasteiger partial charge on any atom is 0.296 e. The molecular weight excluding hydrogens is 416 g/mol. The van der Waals surface area contributed by atoms with Crippen molar-refractivity contribution >= 4 is 18.4 Å². The van der Waals surface area contributed by atoms with Crippen molar-refractivity contribution in [2.75, 3.05) is 19.8 Å². The molecule has 5 nitrogen and oxygen atoms in total. The Morgan fingerprint density at radius 2 is 1.53 bits per heavy atom. The van der Waals surface area contributed by atoms with Crippen molar-refractivity contribution in [3.63, 3.8) is 0 Å². The quantitative estimate of drug-likeness (QED) is 0.278. The summed E-state index contributed by atoms with van der Waals surface area (Å²) in [5, 5.41) is 0.158. The van der Waals surface area contributed by atoms with Crippen LogP contribution in [0.1, 0.15) is 31.9 Å². The Kier molecular flexibility index (Phi) is 8.27. The standard InChI is InChI=1S/C23H34O5SSi/c1-19-11-13-21(14-12-19)29(24,25)27-16-15-20-9-7-8-10-22(20)26-17-18-28-30(5,6)23(2,3)4/h7-14H,15-18H2,1-6H3. The van der Waals surface area contributed by atoms with Gasteiger partial charge < -0.3 is 9.16 Å². The van der Waals surface area contributed by atoms with Crippen molar-refractivity contribution in [3.05, 3.63) is 59.7 Å². The van der Waals surface area contributed by atoms with E-state index in [1.165, 1.54) is 0 Å². The number of ether oxygens (including phenoxy) is 1. The first-order valence-electron chi connectivity index (χ1n) is 10.2. The van der Waals surface area contributed by atoms with E-state index < -0.39 is 18.4 Å². The number of benzene rings is 2. The Morgan fingerprint density at radius 1 is 0.900 bits per heavy atom. The highest BCUT2D eigenvalue weighted by Gasteiger charge is 2.36. The number of aryl methyl sites for hydroxylation is 1. The lowest BCUT2D eigenvalue weighted by Gasteiger charge is -2.36. The number of hydrogen-bond donors (Lipinski definition) is 0. The van der Waals surface area contributed by atoms with E-state index in [4.69, 9.17) is 13.3 Å². The molecule has 0 aliphatic heterocycles. The Balaban J connectivity index is 1.89. The molecule has 0 aliphatic carbocycles. The largest absolute Gasteiger partial charge is 0.491 e. The van der Waals surface area contributed by atoms with Crippen molar-refractivity contribution in [1.82, 2.24) is 0 Å². The van der Waals surface area contributed by atoms with Crippen LogP contribution in [-0.2, 0) is 25.1 Å². The summed E-state index contributed by atoms with van der Waals surface area (Å²) in [6, 6.07) is 14.2. The van der Waals surface area contributed by atoms with Gasteiger partial charge in [0.25, 0.3) is 10.1 Å². The second kappa shape index (κ2) is 10.1. The van der Waals surface area contributed by atoms with Gasteiger partial charge in [-0.3, -0.25) is 4.18 Å². The van der Waals surface area contributed by atoms with E-state index in [1.54, 1.807) is 24.3 Å². The molecule has 0 atom stereocenters. The molecule has 0 aliphatic rings. The second-order valence-corrected chi connectivity index (χ2v) is 15.3. The van der Waals surface area contributed by atoms with Crippen LogP contribution in [0, 0.1) is 6.92 Å². The summed E-state index contributed by atoms with van der Waals surface area (Å²) >= 11 is 0. The summed E-state index contributed by atoms with van der Waals surface area (Å²) < 4.78 is 42.0. The Hall–Kier alpha value is -1.67. The zero-order chi connectivity index (χ0) is 22.4. The van der Waals surface area contributed by atoms with Crippen molar-refractivity contribution in [3.8, 4) is 5.75 Å². The van der Waals surface area contributed by atoms with E-state index in [2.05, 4.69) is 33.9 Å². The summed E-state index contributed by atoms with van der Waals surface area (Å²) in [4.78, 5) is 0.167. The number of rotatable bonds is 10. The van der Waals surface area contributed by atoms with E-state index in [0.29, 0.717) is 19.6 Å². The highest BCUT2D eigenvalue weighted by atomic mass is 32.2. The minimum atomic E-state index is -3.77. The first kappa shape index (κ1) is 24.6. The summed E-state index contributed by atoms with van der Waals surface area (Å²) in [6.45, 7) is 14.0. The van der Waals surface area contributed by atoms with Gasteiger partial charge in [0.1, 0.15) is 12.4 Å². The zero-order valence-corrected chi connectivity index (χ0v) is 20.7. The molecule has 0 unspecified atom stereocenters. The molecule has 7 heteroatoms. The molecule has 0 saturated heterocycles. The minimum absolute atomic E-state index is 0.0526. The third kappa shape index (κ3) is 6.94. The molecular formula is C23H34O5SSi. The van der Waals surface area contributed by atoms with Crippen LogP contribution < -0.4 is 4.74 Å². The lowest BCUT2D eigenvalue weighted by atomic mass is 10.1. The van der Waals surface area contributed by atoms with Crippen molar-refractivity contribution < 1.29 is 21.8 Å². The molecule has 0 spiro atoms. The maximum absolute atomic E-state index is 12.3. The predicted molar refractivity (Wildman–Crippen MR) is 123 cm³/mol. The summed E-state index contributed by atoms with van der Waals surface area (Å²) in [6.07, 6.45) is 0.435. The fourth-order valence-electron chi connectivity index (χ4n) is 2.55. The minimum Gasteiger partial charge on any atom is -0.491 e. The summed E-state index contributed by atoms with van der Waals surface area (Å²) in [7, 11) is -5.57. The van der Waals surface area contributed by atoms with Gasteiger partial charge in [0, 0.05) is 6.42 Å². The van der Waals surface area contributed by atoms with Gasteiger partial charge >= 0.3 is 0 Å². The van der Waals surface area contributed by atoms with Crippen LogP contribution in [0.5, 0.6) is 5.75 Å². The molecule has 2 rings (SSSR count). The SMILES string of the molecule is Cc1ccc(S(=O)(=O)OCCc2ccccc2OCCO[Si](C)(C)C(C)(C)C)cc1. The van der Waals surface area contributed by atoms with Gasteiger partial charge in [-0.2, -0.15) is 8.42 Å². The lowest BCUT2D eigenvalue weighted by molar-refractivity contribution is 0.202. The Morgan fingerprint density at radius 3 is 2.17 bits per heavy atom. The first-order chi connectivity index (χ1) is 13.9. The van der Waals surface area contributed by atoms with Crippen LogP contribution in [0.2, 0.25) is 18.1 Å². The van der Waals surface area contributed by atoms with E-state index in [0.717, 1.165) is 16.9 Å². The van der Waals surface area contributed by atoms with Gasteiger partial charge in [0.15, 0.2) is 8.32 Å². The number of hydrogen-bond acceptors (Lipinski definition) is 5. The van der Waals surface area contributed by atoms with Crippen LogP contribution in [-0.4, -0.2) is 36.6 Å². The average molecular weight is 451 g/mol. The smallest absolute Gasteiger partial charge is 0.296 e. The molecule has 2 aromatic rings. The van der Waals surface area contributed by atoms with E-state index in [9.17, 15) is 8.42 Å². The monoisotopic (exact) mass is 450 g/mol. The maximum atomic E-state index is 12.3. The van der Waals surface area contributed by atoms with Crippen LogP contribution >= 0.6 is 0 Å². The molecule has 0 amide bonds. The van der Waals surface area contributed by atoms with E-state index in [-0.39, 0.29) is 16.5 Å². The van der Waals surface area contributed by atoms with E-state index in [1.807, 2.05) is 31.2 Å². The molecule has 0 bridgehead atoms. The average Bonchev–Trinajstić information content (AvgIpc) is 2.65. The topological polar surface area (TPSA) is 61.8 Å². The Bertz CT molecular complexity index is 915. The van der Waals surface area contributed by atoms with Crippen molar-refractivity contribution in [2.45, 2.75) is 57.1 Å². The normalized spacial score (nSPS) is 12.7. The highest BCUT2D eigenvalue weighted by Crippen LogP contribution is 2.36. The molecule has 0 radical (unpaired) electrons. The molecule has 0 aromatic heterocycles. The molecule has 2 aromatic carbocycles. The molecule has 0 N–H and O–H groups in total. The van der Waals surface area contributed by atoms with Gasteiger partial charge in [-0.05, 0) is 48.8 Å². The fourth-order valence-corrected chi connectivity index (χ4v) is 4.49. The van der Waals surface area contributed by atoms with E-state index >= 15 is 0 Å². The van der Waals surface area contributed by atoms with Gasteiger partial charge in [0.2, 0.25) is 0 Å². The van der Waals surface area contributed by atoms with Gasteiger partial charge in [-0.25, -0.2) is 0 Å². The molecule has 0 saturated carbocycles. The third-order valence-electron chi connectivity index (χ3n) is 5.50. The second-order valence-electron chi connectivity index (χ2n) is 8.90. The number of para-hydroxylation sites is 1. The van der Waals surface area contributed by atoms with Gasteiger partial charge in [-0.15, -0.1) is 0 Å². The van der Waals surface area contributed by atoms with Crippen LogP contribution in [0.3, 0.4) is 0 Å². The zero-order valence-electron chi connectivity index (χ0n) is 18.9. The summed E-state index contributed by atoms with van der Waals surface area (Å²) in [5.74, 6) is 0.729. The van der Waals surface area contributed by atoms with Crippen LogP contribution in [0.4, 0.5) is 0 Å². The summed E-state index contributed by atoms with van der Waals surface area (Å²) in [5.41, 5.74) is 1.90. The molecule has 0 fully saturated rings. The van der Waals surface area contributed by atoms with Crippen LogP contribution in [0.15, 0.2) is 53.4 Å². The van der Waals surface area contributed by atoms with Gasteiger partial charge in [-0.1, -0.05) is 56.7 Å². The Labute approximate surface area is 182 Å². The van der Waals surface area contributed by atoms with Crippen LogP contribution in [0.25, 0.3) is 0 Å². The molecule has 0 heterocycles.